The van der Waals surface area contributed by atoms with Crippen molar-refractivity contribution in [1.82, 2.24) is 5.32 Å². The van der Waals surface area contributed by atoms with Gasteiger partial charge in [-0.25, -0.2) is 0 Å². The van der Waals surface area contributed by atoms with Gasteiger partial charge >= 0.3 is 0 Å². The molecule has 1 nitrogen and oxygen atoms in total. The molecule has 1 atom stereocenters. The number of hydrogen-bond donors (Lipinski definition) is 1. The van der Waals surface area contributed by atoms with E-state index in [1.807, 2.05) is 0 Å². The second kappa shape index (κ2) is 18.0. The van der Waals surface area contributed by atoms with Gasteiger partial charge in [-0.2, -0.15) is 0 Å². The van der Waals surface area contributed by atoms with Crippen molar-refractivity contribution in [2.75, 3.05) is 7.05 Å². The molecule has 21 heavy (non-hydrogen) atoms. The fourth-order valence-electron chi connectivity index (χ4n) is 3.13. The summed E-state index contributed by atoms with van der Waals surface area (Å²) in [5.74, 6) is 0. The maximum atomic E-state index is 3.52. The summed E-state index contributed by atoms with van der Waals surface area (Å²) in [5.41, 5.74) is 0. The topological polar surface area (TPSA) is 12.0 Å². The summed E-state index contributed by atoms with van der Waals surface area (Å²) in [6, 6.07) is 0.774. The molecule has 0 saturated heterocycles. The smallest absolute Gasteiger partial charge is 0.00640 e. The summed E-state index contributed by atoms with van der Waals surface area (Å²) < 4.78 is 0. The third-order valence-corrected chi connectivity index (χ3v) is 4.72. The van der Waals surface area contributed by atoms with Gasteiger partial charge in [-0.15, -0.1) is 0 Å². The van der Waals surface area contributed by atoms with Crippen LogP contribution in [0.1, 0.15) is 117 Å². The van der Waals surface area contributed by atoms with Crippen molar-refractivity contribution in [3.63, 3.8) is 0 Å². The molecular formula is C20H43N. The molecule has 128 valence electrons. The minimum atomic E-state index is 0.774. The van der Waals surface area contributed by atoms with Crippen molar-refractivity contribution in [1.29, 1.82) is 0 Å². The lowest BCUT2D eigenvalue weighted by Gasteiger charge is -2.15. The highest BCUT2D eigenvalue weighted by atomic mass is 14.9. The van der Waals surface area contributed by atoms with Crippen LogP contribution in [0.25, 0.3) is 0 Å². The van der Waals surface area contributed by atoms with Crippen LogP contribution in [0, 0.1) is 0 Å². The molecule has 0 aliphatic heterocycles. The highest BCUT2D eigenvalue weighted by Gasteiger charge is 2.05. The molecule has 1 unspecified atom stereocenters. The van der Waals surface area contributed by atoms with Gasteiger partial charge in [0.05, 0.1) is 0 Å². The summed E-state index contributed by atoms with van der Waals surface area (Å²) in [7, 11) is 2.14. The highest BCUT2D eigenvalue weighted by molar-refractivity contribution is 4.65. The van der Waals surface area contributed by atoms with E-state index in [0.717, 1.165) is 6.04 Å². The molecule has 0 rings (SSSR count). The van der Waals surface area contributed by atoms with Crippen LogP contribution in [0.2, 0.25) is 0 Å². The Morgan fingerprint density at radius 3 is 1.19 bits per heavy atom. The molecule has 0 aliphatic carbocycles. The van der Waals surface area contributed by atoms with E-state index in [0.29, 0.717) is 0 Å². The lowest BCUT2D eigenvalue weighted by atomic mass is 10.00. The minimum Gasteiger partial charge on any atom is -0.317 e. The first-order valence-corrected chi connectivity index (χ1v) is 10.0. The standard InChI is InChI=1S/C20H43N/c1-4-6-8-10-11-12-13-15-17-19-20(21-3)18-16-14-9-7-5-2/h20-21H,4-19H2,1-3H3. The van der Waals surface area contributed by atoms with E-state index < -0.39 is 0 Å². The van der Waals surface area contributed by atoms with Gasteiger partial charge in [0, 0.05) is 6.04 Å². The van der Waals surface area contributed by atoms with Crippen LogP contribution in [0.4, 0.5) is 0 Å². The Bertz CT molecular complexity index is 179. The van der Waals surface area contributed by atoms with Gasteiger partial charge in [0.25, 0.3) is 0 Å². The van der Waals surface area contributed by atoms with Crippen LogP contribution >= 0.6 is 0 Å². The van der Waals surface area contributed by atoms with Crippen LogP contribution in [0.3, 0.4) is 0 Å². The van der Waals surface area contributed by atoms with Gasteiger partial charge in [-0.3, -0.25) is 0 Å². The predicted molar refractivity (Wildman–Crippen MR) is 98.1 cm³/mol. The van der Waals surface area contributed by atoms with Crippen molar-refractivity contribution in [2.45, 2.75) is 123 Å². The normalized spacial score (nSPS) is 12.7. The van der Waals surface area contributed by atoms with Crippen LogP contribution in [-0.2, 0) is 0 Å². The van der Waals surface area contributed by atoms with Gasteiger partial charge in [-0.1, -0.05) is 104 Å². The number of rotatable bonds is 17. The summed E-state index contributed by atoms with van der Waals surface area (Å²) in [5, 5.41) is 3.52. The third-order valence-electron chi connectivity index (χ3n) is 4.72. The van der Waals surface area contributed by atoms with Crippen molar-refractivity contribution in [3.8, 4) is 0 Å². The zero-order valence-electron chi connectivity index (χ0n) is 15.4. The van der Waals surface area contributed by atoms with Gasteiger partial charge in [-0.05, 0) is 19.9 Å². The van der Waals surface area contributed by atoms with E-state index in [2.05, 4.69) is 26.2 Å². The molecule has 0 aliphatic rings. The van der Waals surface area contributed by atoms with E-state index in [-0.39, 0.29) is 0 Å². The summed E-state index contributed by atoms with van der Waals surface area (Å²) in [6.07, 6.45) is 22.8. The largest absolute Gasteiger partial charge is 0.317 e. The van der Waals surface area contributed by atoms with Crippen LogP contribution in [0.15, 0.2) is 0 Å². The predicted octanol–water partition coefficient (Wildman–Crippen LogP) is 6.86. The Balaban J connectivity index is 3.26. The molecule has 0 amide bonds. The zero-order valence-corrected chi connectivity index (χ0v) is 15.4. The maximum absolute atomic E-state index is 3.52. The first-order chi connectivity index (χ1) is 10.3. The van der Waals surface area contributed by atoms with Crippen molar-refractivity contribution < 1.29 is 0 Å². The van der Waals surface area contributed by atoms with E-state index in [1.165, 1.54) is 103 Å². The molecule has 1 heteroatoms. The molecule has 0 spiro atoms. The van der Waals surface area contributed by atoms with E-state index in [4.69, 9.17) is 0 Å². The molecule has 0 aromatic rings. The Morgan fingerprint density at radius 2 is 0.857 bits per heavy atom. The van der Waals surface area contributed by atoms with E-state index in [9.17, 15) is 0 Å². The van der Waals surface area contributed by atoms with Gasteiger partial charge in [0.2, 0.25) is 0 Å². The lowest BCUT2D eigenvalue weighted by Crippen LogP contribution is -2.24. The fourth-order valence-corrected chi connectivity index (χ4v) is 3.13. The van der Waals surface area contributed by atoms with Gasteiger partial charge < -0.3 is 5.32 Å². The Hall–Kier alpha value is -0.0400. The summed E-state index contributed by atoms with van der Waals surface area (Å²) >= 11 is 0. The maximum Gasteiger partial charge on any atom is 0.00640 e. The van der Waals surface area contributed by atoms with Crippen molar-refractivity contribution in [3.05, 3.63) is 0 Å². The molecule has 1 N–H and O–H groups in total. The Labute approximate surface area is 135 Å². The van der Waals surface area contributed by atoms with E-state index in [1.54, 1.807) is 0 Å². The lowest BCUT2D eigenvalue weighted by molar-refractivity contribution is 0.436. The second-order valence-corrected chi connectivity index (χ2v) is 6.81. The quantitative estimate of drug-likeness (QED) is 0.289. The average molecular weight is 298 g/mol. The summed E-state index contributed by atoms with van der Waals surface area (Å²) in [4.78, 5) is 0. The minimum absolute atomic E-state index is 0.774. The number of unbranched alkanes of at least 4 members (excludes halogenated alkanes) is 12. The van der Waals surface area contributed by atoms with Crippen molar-refractivity contribution >= 4 is 0 Å². The first-order valence-electron chi connectivity index (χ1n) is 10.0. The van der Waals surface area contributed by atoms with Crippen LogP contribution < -0.4 is 5.32 Å². The zero-order chi connectivity index (χ0) is 15.6. The number of hydrogen-bond acceptors (Lipinski definition) is 1. The monoisotopic (exact) mass is 297 g/mol. The average Bonchev–Trinajstić information content (AvgIpc) is 2.51. The van der Waals surface area contributed by atoms with Gasteiger partial charge in [0.15, 0.2) is 0 Å². The van der Waals surface area contributed by atoms with Crippen LogP contribution in [-0.4, -0.2) is 13.1 Å². The summed E-state index contributed by atoms with van der Waals surface area (Å²) in [6.45, 7) is 4.59. The Kier molecular flexibility index (Phi) is 18.0. The molecule has 0 aromatic carbocycles. The van der Waals surface area contributed by atoms with Gasteiger partial charge in [0.1, 0.15) is 0 Å². The molecule has 0 heterocycles. The molecule has 0 fully saturated rings. The van der Waals surface area contributed by atoms with Crippen molar-refractivity contribution in [2.24, 2.45) is 0 Å². The van der Waals surface area contributed by atoms with E-state index >= 15 is 0 Å². The molecule has 0 radical (unpaired) electrons. The highest BCUT2D eigenvalue weighted by Crippen LogP contribution is 2.14. The fraction of sp³-hybridized carbons (Fsp3) is 1.00. The van der Waals surface area contributed by atoms with Crippen LogP contribution in [0.5, 0.6) is 0 Å². The molecule has 0 saturated carbocycles. The Morgan fingerprint density at radius 1 is 0.524 bits per heavy atom. The number of nitrogens with one attached hydrogen (secondary N) is 1. The third kappa shape index (κ3) is 16.2. The SMILES string of the molecule is CCCCCCCCCCCC(CCCCCCC)NC. The molecular weight excluding hydrogens is 254 g/mol. The molecule has 0 aromatic heterocycles. The molecule has 0 bridgehead atoms. The first kappa shape index (κ1) is 21.0. The second-order valence-electron chi connectivity index (χ2n) is 6.81.